The molecule has 3 aliphatic heterocycles. The smallest absolute Gasteiger partial charge is 0.247 e. The van der Waals surface area contributed by atoms with E-state index in [4.69, 9.17) is 32.7 Å². The Balaban J connectivity index is 1.09. The van der Waals surface area contributed by atoms with E-state index in [2.05, 4.69) is 15.1 Å². The molecule has 0 bridgehead atoms. The van der Waals surface area contributed by atoms with Crippen LogP contribution < -0.4 is 15.0 Å². The number of ether oxygens (including phenoxy) is 2. The lowest BCUT2D eigenvalue weighted by Crippen LogP contribution is -2.56. The van der Waals surface area contributed by atoms with Crippen LogP contribution in [-0.4, -0.2) is 80.3 Å². The van der Waals surface area contributed by atoms with Gasteiger partial charge in [0.2, 0.25) is 11.8 Å². The van der Waals surface area contributed by atoms with Crippen LogP contribution in [0.2, 0.25) is 10.0 Å². The maximum Gasteiger partial charge on any atom is 0.247 e. The van der Waals surface area contributed by atoms with Gasteiger partial charge in [-0.3, -0.25) is 9.59 Å². The minimum atomic E-state index is -0.552. The van der Waals surface area contributed by atoms with E-state index in [0.717, 1.165) is 88.0 Å². The minimum absolute atomic E-state index is 0.101. The number of benzene rings is 2. The summed E-state index contributed by atoms with van der Waals surface area (Å²) in [5, 5.41) is 4.12. The maximum atomic E-state index is 13.2. The number of hydrogen-bond donors (Lipinski definition) is 1. The van der Waals surface area contributed by atoms with Crippen molar-refractivity contribution < 1.29 is 19.1 Å². The van der Waals surface area contributed by atoms with Gasteiger partial charge < -0.3 is 29.5 Å². The van der Waals surface area contributed by atoms with Crippen LogP contribution in [0.5, 0.6) is 5.75 Å². The van der Waals surface area contributed by atoms with Crippen LogP contribution in [0.25, 0.3) is 0 Å². The zero-order valence-corrected chi connectivity index (χ0v) is 26.5. The van der Waals surface area contributed by atoms with Crippen LogP contribution in [-0.2, 0) is 19.9 Å². The first kappa shape index (κ1) is 30.5. The number of anilines is 1. The molecule has 2 aromatic rings. The van der Waals surface area contributed by atoms with Gasteiger partial charge in [-0.1, -0.05) is 48.2 Å². The van der Waals surface area contributed by atoms with E-state index in [1.165, 1.54) is 0 Å². The number of halogens is 2. The molecule has 2 aromatic carbocycles. The first-order valence-electron chi connectivity index (χ1n) is 15.6. The number of carbonyl (C=O) groups excluding carboxylic acids is 2. The Kier molecular flexibility index (Phi) is 9.11. The second kappa shape index (κ2) is 12.8. The Morgan fingerprint density at radius 1 is 0.977 bits per heavy atom. The lowest BCUT2D eigenvalue weighted by atomic mass is 9.83. The van der Waals surface area contributed by atoms with Crippen molar-refractivity contribution >= 4 is 40.7 Å². The summed E-state index contributed by atoms with van der Waals surface area (Å²) in [4.78, 5) is 32.9. The largest absolute Gasteiger partial charge is 0.497 e. The SMILES string of the molecule is COc1cccc(N2CNC(=O)C23CCN(CCOC2(c4ccc(Cl)c(Cl)c4)CCN(C(=O)C4CCCC4)CC2)CC3)c1. The van der Waals surface area contributed by atoms with E-state index >= 15 is 0 Å². The number of amides is 2. The normalized spacial score (nSPS) is 22.3. The summed E-state index contributed by atoms with van der Waals surface area (Å²) in [6.45, 7) is 4.79. The molecular formula is C33H42Cl2N4O4. The van der Waals surface area contributed by atoms with Crippen molar-refractivity contribution in [3.63, 3.8) is 0 Å². The van der Waals surface area contributed by atoms with Crippen LogP contribution in [0.3, 0.4) is 0 Å². The highest BCUT2D eigenvalue weighted by molar-refractivity contribution is 6.42. The van der Waals surface area contributed by atoms with Crippen LogP contribution in [0.15, 0.2) is 42.5 Å². The predicted octanol–water partition coefficient (Wildman–Crippen LogP) is 5.46. The molecule has 10 heteroatoms. The van der Waals surface area contributed by atoms with Crippen molar-refractivity contribution in [1.82, 2.24) is 15.1 Å². The van der Waals surface area contributed by atoms with E-state index < -0.39 is 11.1 Å². The molecule has 0 radical (unpaired) electrons. The average molecular weight is 630 g/mol. The number of carbonyl (C=O) groups is 2. The number of nitrogens with one attached hydrogen (secondary N) is 1. The topological polar surface area (TPSA) is 74.4 Å². The van der Waals surface area contributed by atoms with Gasteiger partial charge in [-0.25, -0.2) is 0 Å². The number of rotatable bonds is 8. The summed E-state index contributed by atoms with van der Waals surface area (Å²) in [7, 11) is 1.66. The molecule has 43 heavy (non-hydrogen) atoms. The van der Waals surface area contributed by atoms with Gasteiger partial charge in [-0.05, 0) is 68.4 Å². The van der Waals surface area contributed by atoms with Gasteiger partial charge in [0.15, 0.2) is 0 Å². The number of methoxy groups -OCH3 is 1. The molecule has 6 rings (SSSR count). The van der Waals surface area contributed by atoms with E-state index in [1.54, 1.807) is 7.11 Å². The van der Waals surface area contributed by atoms with Crippen molar-refractivity contribution in [3.05, 3.63) is 58.1 Å². The van der Waals surface area contributed by atoms with Gasteiger partial charge in [0.05, 0.1) is 36.0 Å². The Morgan fingerprint density at radius 3 is 2.42 bits per heavy atom. The highest BCUT2D eigenvalue weighted by Crippen LogP contribution is 2.41. The number of hydrogen-bond acceptors (Lipinski definition) is 6. The van der Waals surface area contributed by atoms with Gasteiger partial charge in [0.1, 0.15) is 11.3 Å². The second-order valence-corrected chi connectivity index (χ2v) is 13.3. The highest BCUT2D eigenvalue weighted by atomic mass is 35.5. The summed E-state index contributed by atoms with van der Waals surface area (Å²) in [5.41, 5.74) is 0.940. The van der Waals surface area contributed by atoms with E-state index in [-0.39, 0.29) is 11.8 Å². The molecule has 1 spiro atoms. The average Bonchev–Trinajstić information content (AvgIpc) is 3.68. The molecule has 0 atom stereocenters. The van der Waals surface area contributed by atoms with Gasteiger partial charge in [-0.15, -0.1) is 0 Å². The van der Waals surface area contributed by atoms with Crippen LogP contribution in [0.1, 0.15) is 56.9 Å². The molecule has 4 fully saturated rings. The Hall–Kier alpha value is -2.52. The summed E-state index contributed by atoms with van der Waals surface area (Å²) in [5.74, 6) is 1.37. The van der Waals surface area contributed by atoms with Crippen LogP contribution in [0, 0.1) is 5.92 Å². The summed E-state index contributed by atoms with van der Waals surface area (Å²) >= 11 is 12.7. The molecular weight excluding hydrogens is 587 g/mol. The van der Waals surface area contributed by atoms with Crippen molar-refractivity contribution in [2.75, 3.05) is 58.0 Å². The molecule has 1 aliphatic carbocycles. The van der Waals surface area contributed by atoms with Crippen molar-refractivity contribution in [1.29, 1.82) is 0 Å². The van der Waals surface area contributed by atoms with Crippen molar-refractivity contribution in [3.8, 4) is 5.75 Å². The number of piperidine rings is 2. The van der Waals surface area contributed by atoms with Gasteiger partial charge in [-0.2, -0.15) is 0 Å². The molecule has 1 N–H and O–H groups in total. The minimum Gasteiger partial charge on any atom is -0.497 e. The highest BCUT2D eigenvalue weighted by Gasteiger charge is 2.50. The van der Waals surface area contributed by atoms with Gasteiger partial charge in [0.25, 0.3) is 0 Å². The lowest BCUT2D eigenvalue weighted by Gasteiger charge is -2.45. The van der Waals surface area contributed by atoms with E-state index in [0.29, 0.717) is 42.3 Å². The summed E-state index contributed by atoms with van der Waals surface area (Å²) in [6.07, 6.45) is 7.27. The molecule has 1 saturated carbocycles. The molecule has 0 aromatic heterocycles. The molecule has 3 heterocycles. The summed E-state index contributed by atoms with van der Waals surface area (Å²) < 4.78 is 12.2. The monoisotopic (exact) mass is 628 g/mol. The Bertz CT molecular complexity index is 1320. The van der Waals surface area contributed by atoms with Crippen LogP contribution in [0.4, 0.5) is 5.69 Å². The molecule has 3 saturated heterocycles. The fraction of sp³-hybridized carbons (Fsp3) is 0.576. The zero-order valence-electron chi connectivity index (χ0n) is 25.0. The van der Waals surface area contributed by atoms with Gasteiger partial charge in [0, 0.05) is 50.4 Å². The van der Waals surface area contributed by atoms with E-state index in [1.807, 2.05) is 47.4 Å². The lowest BCUT2D eigenvalue weighted by molar-refractivity contribution is -0.144. The maximum absolute atomic E-state index is 13.2. The first-order valence-corrected chi connectivity index (χ1v) is 16.4. The fourth-order valence-corrected chi connectivity index (χ4v) is 7.83. The first-order chi connectivity index (χ1) is 20.8. The Labute approximate surface area is 264 Å². The third-order valence-corrected chi connectivity index (χ3v) is 10.9. The van der Waals surface area contributed by atoms with Crippen molar-refractivity contribution in [2.24, 2.45) is 5.92 Å². The molecule has 232 valence electrons. The number of nitrogens with zero attached hydrogens (tertiary/aromatic N) is 3. The van der Waals surface area contributed by atoms with E-state index in [9.17, 15) is 9.59 Å². The molecule has 2 amide bonds. The molecule has 4 aliphatic rings. The molecule has 8 nitrogen and oxygen atoms in total. The predicted molar refractivity (Wildman–Crippen MR) is 169 cm³/mol. The van der Waals surface area contributed by atoms with Crippen LogP contribution >= 0.6 is 23.2 Å². The Morgan fingerprint density at radius 2 is 1.72 bits per heavy atom. The van der Waals surface area contributed by atoms with Crippen molar-refractivity contribution in [2.45, 2.75) is 62.5 Å². The third kappa shape index (κ3) is 6.08. The second-order valence-electron chi connectivity index (χ2n) is 12.4. The van der Waals surface area contributed by atoms with Gasteiger partial charge >= 0.3 is 0 Å². The fourth-order valence-electron chi connectivity index (χ4n) is 7.53. The summed E-state index contributed by atoms with van der Waals surface area (Å²) in [6, 6.07) is 13.7. The third-order valence-electron chi connectivity index (χ3n) is 10.2. The quantitative estimate of drug-likeness (QED) is 0.419. The molecule has 0 unspecified atom stereocenters. The standard InChI is InChI=1S/C33H42Cl2N4O4/c1-42-27-8-4-7-26(22-27)39-23-36-31(41)32(39)11-15-37(16-12-32)19-20-43-33(25-9-10-28(34)29(35)21-25)13-17-38(18-14-33)30(40)24-5-2-3-6-24/h4,7-10,21-22,24H,2-3,5-6,11-20,23H2,1H3,(H,36,41). The number of likely N-dealkylation sites (tertiary alicyclic amines) is 2. The zero-order chi connectivity index (χ0) is 30.0.